The summed E-state index contributed by atoms with van der Waals surface area (Å²) in [5.41, 5.74) is 7.44. The van der Waals surface area contributed by atoms with Gasteiger partial charge < -0.3 is 16.4 Å². The first-order chi connectivity index (χ1) is 14.5. The van der Waals surface area contributed by atoms with E-state index in [0.29, 0.717) is 11.4 Å². The number of hydrogen-bond acceptors (Lipinski definition) is 3. The number of nitrogen functional groups attached to an aromatic ring is 1. The van der Waals surface area contributed by atoms with Gasteiger partial charge in [-0.3, -0.25) is 9.59 Å². The van der Waals surface area contributed by atoms with Gasteiger partial charge >= 0.3 is 0 Å². The molecule has 5 nitrogen and oxygen atoms in total. The predicted molar refractivity (Wildman–Crippen MR) is 117 cm³/mol. The van der Waals surface area contributed by atoms with E-state index in [-0.39, 0.29) is 10.6 Å². The average Bonchev–Trinajstić information content (AvgIpc) is 3.24. The monoisotopic (exact) mass is 487 g/mol. The van der Waals surface area contributed by atoms with Crippen LogP contribution < -0.4 is 16.4 Å². The molecule has 2 aromatic carbocycles. The molecule has 2 aliphatic rings. The highest BCUT2D eigenvalue weighted by Crippen LogP contribution is 2.65. The molecule has 2 aromatic rings. The predicted octanol–water partition coefficient (Wildman–Crippen LogP) is 4.98. The first-order valence-electron chi connectivity index (χ1n) is 9.50. The van der Waals surface area contributed by atoms with E-state index in [0.717, 1.165) is 5.56 Å². The zero-order valence-corrected chi connectivity index (χ0v) is 18.2. The molecular weight excluding hydrogens is 471 g/mol. The van der Waals surface area contributed by atoms with Crippen molar-refractivity contribution in [1.29, 1.82) is 0 Å². The first kappa shape index (κ1) is 22.1. The molecule has 0 radical (unpaired) electrons. The van der Waals surface area contributed by atoms with Crippen molar-refractivity contribution in [2.45, 2.75) is 35.1 Å². The summed E-state index contributed by atoms with van der Waals surface area (Å²) in [6.07, 6.45) is -0.816. The third-order valence-corrected chi connectivity index (χ3v) is 6.81. The van der Waals surface area contributed by atoms with Gasteiger partial charge in [-0.15, -0.1) is 23.2 Å². The lowest BCUT2D eigenvalue weighted by molar-refractivity contribution is -0.117. The molecule has 2 aliphatic carbocycles. The summed E-state index contributed by atoms with van der Waals surface area (Å²) in [6, 6.07) is 10.7. The van der Waals surface area contributed by atoms with Gasteiger partial charge in [-0.05, 0) is 35.9 Å². The Morgan fingerprint density at radius 1 is 1.06 bits per heavy atom. The van der Waals surface area contributed by atoms with Gasteiger partial charge in [0.2, 0.25) is 5.91 Å². The quantitative estimate of drug-likeness (QED) is 0.410. The zero-order chi connectivity index (χ0) is 22.6. The number of carbonyl (C=O) groups excluding carboxylic acids is 2. The van der Waals surface area contributed by atoms with Crippen molar-refractivity contribution in [2.75, 3.05) is 11.1 Å². The van der Waals surface area contributed by atoms with E-state index in [9.17, 15) is 18.4 Å². The van der Waals surface area contributed by atoms with Crippen molar-refractivity contribution in [3.63, 3.8) is 0 Å². The fraction of sp³-hybridized carbons (Fsp3) is 0.333. The smallest absolute Gasteiger partial charge is 0.253 e. The SMILES string of the molecule is Nc1ccc([C@H]2[C@H](C(=O)Nc3ccc(Cl)c(C(=O)NC4CC(F)(F)C4)c3)C2(Cl)Cl)cc1. The fourth-order valence-corrected chi connectivity index (χ4v) is 4.83. The number of nitrogens with one attached hydrogen (secondary N) is 2. The number of hydrogen-bond donors (Lipinski definition) is 3. The van der Waals surface area contributed by atoms with Gasteiger partial charge in [0.1, 0.15) is 4.33 Å². The van der Waals surface area contributed by atoms with Crippen molar-refractivity contribution in [3.05, 3.63) is 58.6 Å². The second kappa shape index (κ2) is 7.80. The number of anilines is 2. The second-order valence-corrected chi connectivity index (χ2v) is 9.77. The average molecular weight is 489 g/mol. The summed E-state index contributed by atoms with van der Waals surface area (Å²) in [5.74, 6) is -4.87. The number of rotatable bonds is 5. The van der Waals surface area contributed by atoms with Crippen LogP contribution in [-0.4, -0.2) is 28.1 Å². The second-order valence-electron chi connectivity index (χ2n) is 7.92. The van der Waals surface area contributed by atoms with Crippen molar-refractivity contribution >= 4 is 58.0 Å². The van der Waals surface area contributed by atoms with Gasteiger partial charge in [0.25, 0.3) is 11.8 Å². The van der Waals surface area contributed by atoms with Crippen LogP contribution in [0.4, 0.5) is 20.2 Å². The summed E-state index contributed by atoms with van der Waals surface area (Å²) >= 11 is 18.8. The van der Waals surface area contributed by atoms with Crippen molar-refractivity contribution in [3.8, 4) is 0 Å². The van der Waals surface area contributed by atoms with E-state index in [4.69, 9.17) is 40.5 Å². The topological polar surface area (TPSA) is 84.2 Å². The van der Waals surface area contributed by atoms with E-state index in [1.54, 1.807) is 24.3 Å². The third kappa shape index (κ3) is 4.45. The Kier molecular flexibility index (Phi) is 5.56. The minimum atomic E-state index is -2.75. The van der Waals surface area contributed by atoms with Crippen LogP contribution in [0.5, 0.6) is 0 Å². The molecule has 0 unspecified atom stereocenters. The number of halogens is 5. The number of amides is 2. The van der Waals surface area contributed by atoms with Crippen LogP contribution in [0.15, 0.2) is 42.5 Å². The van der Waals surface area contributed by atoms with Crippen LogP contribution in [0.25, 0.3) is 0 Å². The highest BCUT2D eigenvalue weighted by atomic mass is 35.5. The van der Waals surface area contributed by atoms with Gasteiger partial charge in [0, 0.05) is 36.2 Å². The molecule has 0 heterocycles. The molecule has 0 aromatic heterocycles. The molecule has 164 valence electrons. The third-order valence-electron chi connectivity index (χ3n) is 5.54. The molecule has 10 heteroatoms. The lowest BCUT2D eigenvalue weighted by Gasteiger charge is -2.35. The Morgan fingerprint density at radius 2 is 1.71 bits per heavy atom. The molecule has 31 heavy (non-hydrogen) atoms. The Hall–Kier alpha value is -2.09. The molecule has 2 fully saturated rings. The van der Waals surface area contributed by atoms with Crippen LogP contribution in [-0.2, 0) is 4.79 Å². The van der Waals surface area contributed by atoms with Gasteiger partial charge in [-0.25, -0.2) is 8.78 Å². The summed E-state index contributed by atoms with van der Waals surface area (Å²) in [5, 5.41) is 5.35. The number of alkyl halides is 4. The largest absolute Gasteiger partial charge is 0.399 e. The summed E-state index contributed by atoms with van der Waals surface area (Å²) in [4.78, 5) is 25.2. The first-order valence-corrected chi connectivity index (χ1v) is 10.6. The summed E-state index contributed by atoms with van der Waals surface area (Å²) in [6.45, 7) is 0. The van der Waals surface area contributed by atoms with E-state index in [2.05, 4.69) is 10.6 Å². The highest BCUT2D eigenvalue weighted by molar-refractivity contribution is 6.53. The zero-order valence-electron chi connectivity index (χ0n) is 16.0. The van der Waals surface area contributed by atoms with Crippen molar-refractivity contribution in [2.24, 2.45) is 5.92 Å². The molecule has 0 aliphatic heterocycles. The van der Waals surface area contributed by atoms with Crippen LogP contribution in [0.3, 0.4) is 0 Å². The van der Waals surface area contributed by atoms with Crippen LogP contribution in [0.2, 0.25) is 5.02 Å². The Morgan fingerprint density at radius 3 is 2.32 bits per heavy atom. The van der Waals surface area contributed by atoms with Crippen molar-refractivity contribution in [1.82, 2.24) is 5.32 Å². The molecule has 2 saturated carbocycles. The highest BCUT2D eigenvalue weighted by Gasteiger charge is 2.67. The molecule has 0 saturated heterocycles. The maximum atomic E-state index is 13.0. The van der Waals surface area contributed by atoms with Crippen molar-refractivity contribution < 1.29 is 18.4 Å². The molecule has 0 spiro atoms. The van der Waals surface area contributed by atoms with E-state index in [1.807, 2.05) is 0 Å². The molecule has 4 rings (SSSR count). The van der Waals surface area contributed by atoms with Crippen LogP contribution in [0.1, 0.15) is 34.7 Å². The minimum Gasteiger partial charge on any atom is -0.399 e. The molecule has 2 atom stereocenters. The number of benzene rings is 2. The van der Waals surface area contributed by atoms with E-state index >= 15 is 0 Å². The Balaban J connectivity index is 1.44. The normalized spacial score (nSPS) is 23.5. The van der Waals surface area contributed by atoms with E-state index < -0.39 is 52.8 Å². The molecule has 2 amide bonds. The molecule has 0 bridgehead atoms. The number of nitrogens with two attached hydrogens (primary N) is 1. The maximum Gasteiger partial charge on any atom is 0.253 e. The maximum absolute atomic E-state index is 13.0. The Labute approximate surface area is 192 Å². The lowest BCUT2D eigenvalue weighted by Crippen LogP contribution is -2.50. The summed E-state index contributed by atoms with van der Waals surface area (Å²) < 4.78 is 24.7. The standard InChI is InChI=1S/C21H18Cl3F2N3O2/c22-15-6-5-12(7-14(15)18(30)29-13-8-20(25,26)9-13)28-19(31)17-16(21(17,23)24)10-1-3-11(27)4-2-10/h1-7,13,16-17H,8-9,27H2,(H,28,31)(H,29,30)/t16-,17+/m0/s1. The molecular formula is C21H18Cl3F2N3O2. The van der Waals surface area contributed by atoms with Crippen LogP contribution >= 0.6 is 34.8 Å². The van der Waals surface area contributed by atoms with Gasteiger partial charge in [0.15, 0.2) is 0 Å². The number of carbonyl (C=O) groups is 2. The van der Waals surface area contributed by atoms with E-state index in [1.165, 1.54) is 18.2 Å². The van der Waals surface area contributed by atoms with Gasteiger partial charge in [0.05, 0.1) is 16.5 Å². The van der Waals surface area contributed by atoms with Crippen LogP contribution in [0, 0.1) is 5.92 Å². The minimum absolute atomic E-state index is 0.0728. The lowest BCUT2D eigenvalue weighted by atomic mass is 9.88. The summed E-state index contributed by atoms with van der Waals surface area (Å²) in [7, 11) is 0. The van der Waals surface area contributed by atoms with Gasteiger partial charge in [-0.2, -0.15) is 0 Å². The molecule has 4 N–H and O–H groups in total. The Bertz CT molecular complexity index is 1040. The fourth-order valence-electron chi connectivity index (χ4n) is 3.79. The van der Waals surface area contributed by atoms with Gasteiger partial charge in [-0.1, -0.05) is 23.7 Å².